The quantitative estimate of drug-likeness (QED) is 0.0821. The predicted molar refractivity (Wildman–Crippen MR) is 236 cm³/mol. The molecule has 8 nitrogen and oxygen atoms in total. The highest BCUT2D eigenvalue weighted by Crippen LogP contribution is 2.45. The highest BCUT2D eigenvalue weighted by Gasteiger charge is 2.37. The molecule has 0 unspecified atom stereocenters. The highest BCUT2D eigenvalue weighted by atomic mass is 16.6. The Balaban J connectivity index is 1.54. The molecule has 0 saturated heterocycles. The molecule has 4 aromatic rings. The van der Waals surface area contributed by atoms with Crippen LogP contribution in [0.15, 0.2) is 72.8 Å². The summed E-state index contributed by atoms with van der Waals surface area (Å²) < 4.78 is 11.3. The summed E-state index contributed by atoms with van der Waals surface area (Å²) in [6.45, 7) is 28.1. The van der Waals surface area contributed by atoms with Crippen molar-refractivity contribution in [1.82, 2.24) is 0 Å². The Morgan fingerprint density at radius 2 is 0.695 bits per heavy atom. The first kappa shape index (κ1) is 46.7. The van der Waals surface area contributed by atoms with Gasteiger partial charge in [0.05, 0.1) is 6.42 Å². The Morgan fingerprint density at radius 3 is 0.983 bits per heavy atom. The molecule has 4 aromatic carbocycles. The molecule has 0 aromatic heterocycles. The summed E-state index contributed by atoms with van der Waals surface area (Å²) in [5.74, 6) is -0.186. The minimum absolute atomic E-state index is 0.0472. The van der Waals surface area contributed by atoms with Gasteiger partial charge < -0.3 is 29.9 Å². The van der Waals surface area contributed by atoms with E-state index in [0.717, 1.165) is 44.5 Å². The zero-order chi connectivity index (χ0) is 44.5. The first-order chi connectivity index (χ1) is 27.0. The summed E-state index contributed by atoms with van der Waals surface area (Å²) in [6.07, 6.45) is 0.390. The lowest BCUT2D eigenvalue weighted by molar-refractivity contribution is -0.153. The molecule has 4 rings (SSSR count). The van der Waals surface area contributed by atoms with E-state index in [2.05, 4.69) is 6.92 Å². The molecule has 0 aliphatic heterocycles. The molecule has 0 aliphatic carbocycles. The molecular formula is C51H68O8. The van der Waals surface area contributed by atoms with Crippen molar-refractivity contribution in [2.45, 2.75) is 149 Å². The summed E-state index contributed by atoms with van der Waals surface area (Å²) in [5, 5.41) is 43.1. The molecule has 8 heteroatoms. The fourth-order valence-corrected chi connectivity index (χ4v) is 7.82. The molecule has 0 spiro atoms. The van der Waals surface area contributed by atoms with E-state index in [1.54, 1.807) is 24.3 Å². The number of carbonyl (C=O) groups excluding carboxylic acids is 2. The van der Waals surface area contributed by atoms with Gasteiger partial charge in [0.15, 0.2) is 0 Å². The number of phenolic OH excluding ortho intramolecular Hbond substituents is 4. The maximum absolute atomic E-state index is 13.7. The SMILES string of the molecule is CC(C)(C)c1cc(C(C)(CCC(=O)OCCOC(=O)CC(C)(c2ccc(O)c(C(C)(C)C)c2)c2ccc(O)c(C(C)(C)C)c2)c2ccc(O)c(C(C)(C)C)c2)ccc1O. The largest absolute Gasteiger partial charge is 0.508 e. The molecule has 0 heterocycles. The lowest BCUT2D eigenvalue weighted by Gasteiger charge is -2.34. The van der Waals surface area contributed by atoms with Crippen LogP contribution in [0.3, 0.4) is 0 Å². The number of aromatic hydroxyl groups is 4. The average Bonchev–Trinajstić information content (AvgIpc) is 3.11. The van der Waals surface area contributed by atoms with E-state index in [-0.39, 0.29) is 70.7 Å². The third-order valence-corrected chi connectivity index (χ3v) is 11.7. The van der Waals surface area contributed by atoms with E-state index < -0.39 is 22.8 Å². The summed E-state index contributed by atoms with van der Waals surface area (Å²) in [6, 6.07) is 22.0. The number of esters is 2. The predicted octanol–water partition coefficient (Wildman–Crippen LogP) is 11.3. The van der Waals surface area contributed by atoms with E-state index in [1.807, 2.05) is 139 Å². The maximum Gasteiger partial charge on any atom is 0.307 e. The minimum atomic E-state index is -0.901. The van der Waals surface area contributed by atoms with Crippen LogP contribution in [0.1, 0.15) is 161 Å². The van der Waals surface area contributed by atoms with Crippen molar-refractivity contribution in [3.05, 3.63) is 117 Å². The van der Waals surface area contributed by atoms with Crippen molar-refractivity contribution in [2.24, 2.45) is 0 Å². The first-order valence-corrected chi connectivity index (χ1v) is 20.7. The number of phenols is 4. The Labute approximate surface area is 352 Å². The van der Waals surface area contributed by atoms with Crippen molar-refractivity contribution in [3.8, 4) is 23.0 Å². The summed E-state index contributed by atoms with van der Waals surface area (Å²) >= 11 is 0. The lowest BCUT2D eigenvalue weighted by Crippen LogP contribution is -2.30. The van der Waals surface area contributed by atoms with Gasteiger partial charge in [0.25, 0.3) is 0 Å². The van der Waals surface area contributed by atoms with Crippen LogP contribution in [0.4, 0.5) is 0 Å². The first-order valence-electron chi connectivity index (χ1n) is 20.7. The van der Waals surface area contributed by atoms with Crippen LogP contribution in [0.2, 0.25) is 0 Å². The number of hydrogen-bond donors (Lipinski definition) is 4. The van der Waals surface area contributed by atoms with Gasteiger partial charge in [-0.15, -0.1) is 0 Å². The van der Waals surface area contributed by atoms with Gasteiger partial charge in [-0.3, -0.25) is 9.59 Å². The monoisotopic (exact) mass is 808 g/mol. The van der Waals surface area contributed by atoms with Crippen molar-refractivity contribution >= 4 is 11.9 Å². The van der Waals surface area contributed by atoms with Crippen molar-refractivity contribution < 1.29 is 39.5 Å². The summed E-state index contributed by atoms with van der Waals surface area (Å²) in [4.78, 5) is 27.0. The van der Waals surface area contributed by atoms with Crippen molar-refractivity contribution in [3.63, 3.8) is 0 Å². The molecule has 0 radical (unpaired) electrons. The third kappa shape index (κ3) is 10.8. The number of hydrogen-bond acceptors (Lipinski definition) is 8. The summed E-state index contributed by atoms with van der Waals surface area (Å²) in [7, 11) is 0. The Hall–Kier alpha value is -4.98. The second-order valence-electron chi connectivity index (χ2n) is 20.7. The smallest absolute Gasteiger partial charge is 0.307 e. The van der Waals surface area contributed by atoms with Gasteiger partial charge >= 0.3 is 11.9 Å². The second-order valence-corrected chi connectivity index (χ2v) is 20.7. The average molecular weight is 809 g/mol. The van der Waals surface area contributed by atoms with Gasteiger partial charge in [-0.25, -0.2) is 0 Å². The van der Waals surface area contributed by atoms with Gasteiger partial charge in [0.2, 0.25) is 0 Å². The van der Waals surface area contributed by atoms with Crippen LogP contribution in [0.25, 0.3) is 0 Å². The zero-order valence-corrected chi connectivity index (χ0v) is 37.9. The van der Waals surface area contributed by atoms with Crippen molar-refractivity contribution in [1.29, 1.82) is 0 Å². The van der Waals surface area contributed by atoms with Crippen LogP contribution in [0, 0.1) is 0 Å². The standard InChI is InChI=1S/C51H68O8/c1-46(2,3)36-27-32(15-19-40(36)52)50(13,33-16-20-41(53)37(28-33)47(4,5)6)24-23-44(56)58-25-26-59-45(57)31-51(14,34-17-21-42(54)38(29-34)48(7,8)9)35-18-22-43(55)39(30-35)49(10,11)12/h15-22,27-30,52-55H,23-26,31H2,1-14H3. The van der Waals surface area contributed by atoms with Gasteiger partial charge in [0.1, 0.15) is 36.2 Å². The number of benzene rings is 4. The normalized spacial score (nSPS) is 13.0. The van der Waals surface area contributed by atoms with Gasteiger partial charge in [-0.2, -0.15) is 0 Å². The molecule has 59 heavy (non-hydrogen) atoms. The fourth-order valence-electron chi connectivity index (χ4n) is 7.82. The van der Waals surface area contributed by atoms with Crippen LogP contribution in [0.5, 0.6) is 23.0 Å². The second kappa shape index (κ2) is 16.9. The molecule has 4 N–H and O–H groups in total. The van der Waals surface area contributed by atoms with Crippen LogP contribution in [-0.4, -0.2) is 45.6 Å². The fraction of sp³-hybridized carbons (Fsp3) is 0.490. The number of ether oxygens (including phenoxy) is 2. The van der Waals surface area contributed by atoms with Gasteiger partial charge in [-0.05, 0) is 96.9 Å². The highest BCUT2D eigenvalue weighted by molar-refractivity contribution is 5.73. The molecule has 0 atom stereocenters. The zero-order valence-electron chi connectivity index (χ0n) is 37.9. The molecule has 0 amide bonds. The van der Waals surface area contributed by atoms with E-state index in [9.17, 15) is 30.0 Å². The minimum Gasteiger partial charge on any atom is -0.508 e. The molecular weight excluding hydrogens is 741 g/mol. The molecule has 320 valence electrons. The Morgan fingerprint density at radius 1 is 0.424 bits per heavy atom. The van der Waals surface area contributed by atoms with Crippen LogP contribution in [-0.2, 0) is 51.6 Å². The van der Waals surface area contributed by atoms with Crippen LogP contribution < -0.4 is 0 Å². The van der Waals surface area contributed by atoms with Gasteiger partial charge in [-0.1, -0.05) is 145 Å². The van der Waals surface area contributed by atoms with Crippen molar-refractivity contribution in [2.75, 3.05) is 13.2 Å². The van der Waals surface area contributed by atoms with E-state index in [0.29, 0.717) is 6.42 Å². The van der Waals surface area contributed by atoms with Gasteiger partial charge in [0, 0.05) is 17.3 Å². The molecule has 0 fully saturated rings. The van der Waals surface area contributed by atoms with E-state index in [4.69, 9.17) is 9.47 Å². The number of carbonyl (C=O) groups is 2. The molecule has 0 aliphatic rings. The number of rotatable bonds is 12. The molecule has 0 bridgehead atoms. The summed E-state index contributed by atoms with van der Waals surface area (Å²) in [5.41, 5.74) is 3.52. The Kier molecular flexibility index (Phi) is 13.4. The lowest BCUT2D eigenvalue weighted by atomic mass is 9.70. The van der Waals surface area contributed by atoms with Crippen LogP contribution >= 0.6 is 0 Å². The molecule has 0 saturated carbocycles. The Bertz CT molecular complexity index is 2020. The van der Waals surface area contributed by atoms with E-state index >= 15 is 0 Å². The topological polar surface area (TPSA) is 134 Å². The maximum atomic E-state index is 13.7. The van der Waals surface area contributed by atoms with E-state index in [1.165, 1.54) is 0 Å². The third-order valence-electron chi connectivity index (χ3n) is 11.7.